The molecule has 5 heteroatoms. The molecular weight excluding hydrogens is 324 g/mol. The number of benzene rings is 1. The van der Waals surface area contributed by atoms with Gasteiger partial charge in [-0.1, -0.05) is 18.2 Å². The van der Waals surface area contributed by atoms with Crippen molar-refractivity contribution < 1.29 is 4.79 Å². The van der Waals surface area contributed by atoms with Gasteiger partial charge in [0.1, 0.15) is 5.82 Å². The number of rotatable bonds is 2. The highest BCUT2D eigenvalue weighted by Gasteiger charge is 2.32. The fraction of sp³-hybridized carbons (Fsp3) is 0.429. The van der Waals surface area contributed by atoms with E-state index in [1.807, 2.05) is 35.2 Å². The van der Waals surface area contributed by atoms with Gasteiger partial charge in [0.2, 0.25) is 0 Å². The van der Waals surface area contributed by atoms with Crippen molar-refractivity contribution in [1.29, 1.82) is 0 Å². The molecule has 2 aliphatic rings. The molecule has 136 valence electrons. The first-order valence-corrected chi connectivity index (χ1v) is 9.46. The summed E-state index contributed by atoms with van der Waals surface area (Å²) in [5, 5.41) is 8.34. The highest BCUT2D eigenvalue weighted by Crippen LogP contribution is 2.36. The molecule has 1 N–H and O–H groups in total. The summed E-state index contributed by atoms with van der Waals surface area (Å²) < 4.78 is 2.05. The Hall–Kier alpha value is -2.56. The average Bonchev–Trinajstić information content (AvgIpc) is 3.10. The Kier molecular flexibility index (Phi) is 4.31. The van der Waals surface area contributed by atoms with Crippen molar-refractivity contribution in [2.45, 2.75) is 52.1 Å². The minimum atomic E-state index is 0.0455. The Labute approximate surface area is 154 Å². The van der Waals surface area contributed by atoms with Crippen LogP contribution in [0.25, 0.3) is 0 Å². The third-order valence-corrected chi connectivity index (χ3v) is 5.78. The van der Waals surface area contributed by atoms with Crippen LogP contribution in [0.1, 0.15) is 68.2 Å². The van der Waals surface area contributed by atoms with Gasteiger partial charge in [-0.05, 0) is 57.7 Å². The fourth-order valence-corrected chi connectivity index (χ4v) is 3.98. The summed E-state index contributed by atoms with van der Waals surface area (Å²) in [6, 6.07) is 12.0. The number of hydrogen-bond donors (Lipinski definition) is 1. The summed E-state index contributed by atoms with van der Waals surface area (Å²) in [7, 11) is 0. The van der Waals surface area contributed by atoms with Gasteiger partial charge >= 0.3 is 0 Å². The number of amides is 1. The van der Waals surface area contributed by atoms with Crippen LogP contribution < -0.4 is 5.32 Å². The van der Waals surface area contributed by atoms with Crippen molar-refractivity contribution in [3.05, 3.63) is 58.9 Å². The SMILES string of the molecule is CC1=C(C)C(C)n2nc([C@@H]3CCCCN3C(=O)c3ccccc3)cc2N1. The lowest BCUT2D eigenvalue weighted by atomic mass is 9.98. The molecule has 0 radical (unpaired) electrons. The second-order valence-corrected chi connectivity index (χ2v) is 7.38. The van der Waals surface area contributed by atoms with E-state index in [2.05, 4.69) is 36.8 Å². The molecule has 2 atom stereocenters. The van der Waals surface area contributed by atoms with E-state index >= 15 is 0 Å². The van der Waals surface area contributed by atoms with Gasteiger partial charge in [0.15, 0.2) is 0 Å². The lowest BCUT2D eigenvalue weighted by Crippen LogP contribution is -2.38. The highest BCUT2D eigenvalue weighted by atomic mass is 16.2. The van der Waals surface area contributed by atoms with Crippen LogP contribution in [-0.4, -0.2) is 27.1 Å². The predicted molar refractivity (Wildman–Crippen MR) is 103 cm³/mol. The first kappa shape index (κ1) is 16.9. The van der Waals surface area contributed by atoms with E-state index in [4.69, 9.17) is 5.10 Å². The molecule has 3 heterocycles. The van der Waals surface area contributed by atoms with Gasteiger partial charge in [-0.15, -0.1) is 0 Å². The second kappa shape index (κ2) is 6.63. The van der Waals surface area contributed by atoms with E-state index < -0.39 is 0 Å². The number of carbonyl (C=O) groups excluding carboxylic acids is 1. The molecule has 0 saturated carbocycles. The molecule has 1 aromatic carbocycles. The summed E-state index contributed by atoms with van der Waals surface area (Å²) in [5.41, 5.74) is 4.24. The van der Waals surface area contributed by atoms with E-state index in [0.29, 0.717) is 0 Å². The van der Waals surface area contributed by atoms with Crippen molar-refractivity contribution in [1.82, 2.24) is 14.7 Å². The lowest BCUT2D eigenvalue weighted by Gasteiger charge is -2.35. The average molecular weight is 350 g/mol. The minimum absolute atomic E-state index is 0.0455. The quantitative estimate of drug-likeness (QED) is 0.866. The summed E-state index contributed by atoms with van der Waals surface area (Å²) >= 11 is 0. The van der Waals surface area contributed by atoms with Crippen LogP contribution in [0, 0.1) is 0 Å². The van der Waals surface area contributed by atoms with Gasteiger partial charge in [-0.2, -0.15) is 5.10 Å². The van der Waals surface area contributed by atoms with Crippen LogP contribution in [0.4, 0.5) is 5.82 Å². The van der Waals surface area contributed by atoms with Crippen LogP contribution in [0.2, 0.25) is 0 Å². The lowest BCUT2D eigenvalue weighted by molar-refractivity contribution is 0.0605. The number of nitrogens with one attached hydrogen (secondary N) is 1. The molecule has 0 spiro atoms. The van der Waals surface area contributed by atoms with Crippen LogP contribution in [0.15, 0.2) is 47.7 Å². The second-order valence-electron chi connectivity index (χ2n) is 7.38. The zero-order valence-corrected chi connectivity index (χ0v) is 15.7. The number of anilines is 1. The van der Waals surface area contributed by atoms with Crippen molar-refractivity contribution in [2.75, 3.05) is 11.9 Å². The molecule has 1 unspecified atom stereocenters. The number of nitrogens with zero attached hydrogens (tertiary/aromatic N) is 3. The molecule has 0 aliphatic carbocycles. The number of fused-ring (bicyclic) bond motifs is 1. The van der Waals surface area contributed by atoms with Crippen LogP contribution in [-0.2, 0) is 0 Å². The first-order chi connectivity index (χ1) is 12.6. The van der Waals surface area contributed by atoms with E-state index in [1.54, 1.807) is 0 Å². The Balaban J connectivity index is 1.65. The third-order valence-electron chi connectivity index (χ3n) is 5.78. The normalized spacial score (nSPS) is 22.8. The molecule has 2 aromatic rings. The van der Waals surface area contributed by atoms with Crippen LogP contribution in [0.3, 0.4) is 0 Å². The number of allylic oxidation sites excluding steroid dienone is 2. The van der Waals surface area contributed by atoms with Crippen LogP contribution >= 0.6 is 0 Å². The summed E-state index contributed by atoms with van der Waals surface area (Å²) in [6.45, 7) is 7.21. The Morgan fingerprint density at radius 1 is 1.19 bits per heavy atom. The van der Waals surface area contributed by atoms with E-state index in [9.17, 15) is 4.79 Å². The largest absolute Gasteiger partial charge is 0.344 e. The third kappa shape index (κ3) is 2.81. The zero-order chi connectivity index (χ0) is 18.3. The van der Waals surface area contributed by atoms with Crippen LogP contribution in [0.5, 0.6) is 0 Å². The molecule has 5 nitrogen and oxygen atoms in total. The van der Waals surface area contributed by atoms with Crippen molar-refractivity contribution in [3.8, 4) is 0 Å². The molecule has 1 fully saturated rings. The molecule has 26 heavy (non-hydrogen) atoms. The topological polar surface area (TPSA) is 50.2 Å². The van der Waals surface area contributed by atoms with Gasteiger partial charge in [0.25, 0.3) is 5.91 Å². The van der Waals surface area contributed by atoms with E-state index in [0.717, 1.165) is 42.9 Å². The summed E-state index contributed by atoms with van der Waals surface area (Å²) in [4.78, 5) is 15.1. The van der Waals surface area contributed by atoms with Crippen molar-refractivity contribution in [2.24, 2.45) is 0 Å². The van der Waals surface area contributed by atoms with E-state index in [1.165, 1.54) is 11.3 Å². The molecule has 4 rings (SSSR count). The smallest absolute Gasteiger partial charge is 0.254 e. The van der Waals surface area contributed by atoms with Gasteiger partial charge < -0.3 is 10.2 Å². The van der Waals surface area contributed by atoms with E-state index in [-0.39, 0.29) is 18.0 Å². The van der Waals surface area contributed by atoms with Gasteiger partial charge in [-0.3, -0.25) is 4.79 Å². The highest BCUT2D eigenvalue weighted by molar-refractivity contribution is 5.94. The molecule has 2 aliphatic heterocycles. The molecule has 0 bridgehead atoms. The maximum atomic E-state index is 13.1. The monoisotopic (exact) mass is 350 g/mol. The van der Waals surface area contributed by atoms with Crippen molar-refractivity contribution in [3.63, 3.8) is 0 Å². The Morgan fingerprint density at radius 3 is 2.73 bits per heavy atom. The molecule has 1 saturated heterocycles. The molecule has 1 amide bonds. The van der Waals surface area contributed by atoms with Gasteiger partial charge in [-0.25, -0.2) is 4.68 Å². The predicted octanol–water partition coefficient (Wildman–Crippen LogP) is 4.53. The Bertz CT molecular complexity index is 852. The number of carbonyl (C=O) groups is 1. The zero-order valence-electron chi connectivity index (χ0n) is 15.7. The maximum Gasteiger partial charge on any atom is 0.254 e. The van der Waals surface area contributed by atoms with Crippen molar-refractivity contribution >= 4 is 11.7 Å². The number of piperidine rings is 1. The summed E-state index contributed by atoms with van der Waals surface area (Å²) in [6.07, 6.45) is 3.15. The Morgan fingerprint density at radius 2 is 1.96 bits per heavy atom. The number of hydrogen-bond acceptors (Lipinski definition) is 3. The number of aromatic nitrogens is 2. The van der Waals surface area contributed by atoms with Gasteiger partial charge in [0.05, 0.1) is 17.8 Å². The number of likely N-dealkylation sites (tertiary alicyclic amines) is 1. The van der Waals surface area contributed by atoms with Gasteiger partial charge in [0, 0.05) is 23.9 Å². The maximum absolute atomic E-state index is 13.1. The standard InChI is InChI=1S/C21H26N4O/c1-14-15(2)22-20-13-18(23-25(20)16(14)3)19-11-7-8-12-24(19)21(26)17-9-5-4-6-10-17/h4-6,9-10,13,16,19,22H,7-8,11-12H2,1-3H3/t16?,19-/m0/s1. The first-order valence-electron chi connectivity index (χ1n) is 9.46. The minimum Gasteiger partial charge on any atom is -0.344 e. The molecular formula is C21H26N4O. The fourth-order valence-electron chi connectivity index (χ4n) is 3.98. The summed E-state index contributed by atoms with van der Waals surface area (Å²) in [5.74, 6) is 1.13. The molecule has 1 aromatic heterocycles.